The average Bonchev–Trinajstić information content (AvgIpc) is 2.76. The Morgan fingerprint density at radius 2 is 1.89 bits per heavy atom. The number of hydrogen-bond donors (Lipinski definition) is 1. The summed E-state index contributed by atoms with van der Waals surface area (Å²) in [6.07, 6.45) is 1.85. The molecule has 3 rings (SSSR count). The third-order valence-electron chi connectivity index (χ3n) is 3.44. The van der Waals surface area contributed by atoms with Gasteiger partial charge in [-0.15, -0.1) is 0 Å². The van der Waals surface area contributed by atoms with Crippen LogP contribution < -0.4 is 5.32 Å². The standard InChI is InChI=1S/C15H12Cl2FN/c16-13-5-3-11(8-14(13)17)19-15-6-1-9-7-10(18)2-4-12(9)15/h2-5,7-8,15,19H,1,6H2. The first kappa shape index (κ1) is 12.8. The highest BCUT2D eigenvalue weighted by atomic mass is 35.5. The van der Waals surface area contributed by atoms with E-state index in [1.54, 1.807) is 12.1 Å². The van der Waals surface area contributed by atoms with E-state index in [2.05, 4.69) is 5.32 Å². The largest absolute Gasteiger partial charge is 0.378 e. The molecule has 19 heavy (non-hydrogen) atoms. The molecule has 4 heteroatoms. The molecule has 0 amide bonds. The van der Waals surface area contributed by atoms with Crippen molar-refractivity contribution >= 4 is 28.9 Å². The van der Waals surface area contributed by atoms with Gasteiger partial charge in [0.2, 0.25) is 0 Å². The van der Waals surface area contributed by atoms with E-state index < -0.39 is 0 Å². The van der Waals surface area contributed by atoms with Crippen LogP contribution in [0.3, 0.4) is 0 Å². The van der Waals surface area contributed by atoms with Gasteiger partial charge >= 0.3 is 0 Å². The Kier molecular flexibility index (Phi) is 3.38. The van der Waals surface area contributed by atoms with E-state index in [4.69, 9.17) is 23.2 Å². The SMILES string of the molecule is Fc1ccc2c(c1)CCC2Nc1ccc(Cl)c(Cl)c1. The maximum Gasteiger partial charge on any atom is 0.123 e. The lowest BCUT2D eigenvalue weighted by molar-refractivity contribution is 0.626. The van der Waals surface area contributed by atoms with Crippen LogP contribution in [0, 0.1) is 5.82 Å². The minimum Gasteiger partial charge on any atom is -0.378 e. The number of benzene rings is 2. The summed E-state index contributed by atoms with van der Waals surface area (Å²) in [5, 5.41) is 4.49. The van der Waals surface area contributed by atoms with Crippen molar-refractivity contribution in [2.24, 2.45) is 0 Å². The molecule has 0 aromatic heterocycles. The van der Waals surface area contributed by atoms with Crippen LogP contribution in [-0.2, 0) is 6.42 Å². The van der Waals surface area contributed by atoms with Crippen LogP contribution in [0.25, 0.3) is 0 Å². The van der Waals surface area contributed by atoms with Gasteiger partial charge in [-0.3, -0.25) is 0 Å². The van der Waals surface area contributed by atoms with Crippen LogP contribution in [0.4, 0.5) is 10.1 Å². The first-order valence-electron chi connectivity index (χ1n) is 6.13. The van der Waals surface area contributed by atoms with Gasteiger partial charge in [-0.05, 0) is 54.3 Å². The topological polar surface area (TPSA) is 12.0 Å². The first-order valence-corrected chi connectivity index (χ1v) is 6.89. The molecule has 0 bridgehead atoms. The smallest absolute Gasteiger partial charge is 0.123 e. The van der Waals surface area contributed by atoms with Gasteiger partial charge in [0, 0.05) is 5.69 Å². The van der Waals surface area contributed by atoms with Gasteiger partial charge in [0.05, 0.1) is 16.1 Å². The van der Waals surface area contributed by atoms with Gasteiger partial charge in [-0.25, -0.2) is 4.39 Å². The Hall–Kier alpha value is -1.25. The van der Waals surface area contributed by atoms with E-state index >= 15 is 0 Å². The molecule has 1 nitrogen and oxygen atoms in total. The number of rotatable bonds is 2. The van der Waals surface area contributed by atoms with Crippen molar-refractivity contribution in [3.05, 3.63) is 63.4 Å². The van der Waals surface area contributed by atoms with Crippen molar-refractivity contribution in [2.45, 2.75) is 18.9 Å². The molecule has 0 heterocycles. The van der Waals surface area contributed by atoms with Crippen LogP contribution in [0.5, 0.6) is 0 Å². The molecule has 0 saturated carbocycles. The molecule has 2 aromatic rings. The van der Waals surface area contributed by atoms with E-state index in [1.807, 2.05) is 18.2 Å². The molecule has 1 unspecified atom stereocenters. The first-order chi connectivity index (χ1) is 9.13. The van der Waals surface area contributed by atoms with Crippen LogP contribution in [0.2, 0.25) is 10.0 Å². The Balaban J connectivity index is 1.84. The van der Waals surface area contributed by atoms with E-state index in [9.17, 15) is 4.39 Å². The number of anilines is 1. The van der Waals surface area contributed by atoms with Crippen molar-refractivity contribution in [3.8, 4) is 0 Å². The number of fused-ring (bicyclic) bond motifs is 1. The molecule has 98 valence electrons. The zero-order valence-electron chi connectivity index (χ0n) is 10.1. The fourth-order valence-electron chi connectivity index (χ4n) is 2.52. The van der Waals surface area contributed by atoms with E-state index in [0.717, 1.165) is 29.7 Å². The van der Waals surface area contributed by atoms with Crippen molar-refractivity contribution in [1.29, 1.82) is 0 Å². The molecule has 0 spiro atoms. The summed E-state index contributed by atoms with van der Waals surface area (Å²) in [6.45, 7) is 0. The lowest BCUT2D eigenvalue weighted by Crippen LogP contribution is -2.07. The maximum atomic E-state index is 13.2. The second kappa shape index (κ2) is 5.03. The maximum absolute atomic E-state index is 13.2. The average molecular weight is 296 g/mol. The molecule has 0 saturated heterocycles. The zero-order chi connectivity index (χ0) is 13.4. The van der Waals surface area contributed by atoms with Gasteiger partial charge in [0.15, 0.2) is 0 Å². The molecule has 0 radical (unpaired) electrons. The second-order valence-electron chi connectivity index (χ2n) is 4.71. The molecule has 0 aliphatic heterocycles. The molecule has 1 aliphatic rings. The van der Waals surface area contributed by atoms with Crippen molar-refractivity contribution in [2.75, 3.05) is 5.32 Å². The zero-order valence-corrected chi connectivity index (χ0v) is 11.6. The molecule has 1 aliphatic carbocycles. The Labute approximate surface area is 121 Å². The Bertz CT molecular complexity index is 628. The fraction of sp³-hybridized carbons (Fsp3) is 0.200. The minimum atomic E-state index is -0.172. The van der Waals surface area contributed by atoms with E-state index in [-0.39, 0.29) is 11.9 Å². The third kappa shape index (κ3) is 2.56. The third-order valence-corrected chi connectivity index (χ3v) is 4.18. The molecule has 0 fully saturated rings. The predicted molar refractivity (Wildman–Crippen MR) is 77.5 cm³/mol. The molecule has 2 aromatic carbocycles. The van der Waals surface area contributed by atoms with Crippen LogP contribution in [0.15, 0.2) is 36.4 Å². The Morgan fingerprint density at radius 1 is 1.05 bits per heavy atom. The summed E-state index contributed by atoms with van der Waals surface area (Å²) in [5.74, 6) is -0.172. The quantitative estimate of drug-likeness (QED) is 0.800. The van der Waals surface area contributed by atoms with Crippen molar-refractivity contribution in [1.82, 2.24) is 0 Å². The number of hydrogen-bond acceptors (Lipinski definition) is 1. The number of nitrogens with one attached hydrogen (secondary N) is 1. The monoisotopic (exact) mass is 295 g/mol. The highest BCUT2D eigenvalue weighted by molar-refractivity contribution is 6.42. The molecule has 1 N–H and O–H groups in total. The summed E-state index contributed by atoms with van der Waals surface area (Å²) < 4.78 is 13.2. The van der Waals surface area contributed by atoms with Crippen LogP contribution in [0.1, 0.15) is 23.6 Å². The van der Waals surface area contributed by atoms with E-state index in [0.29, 0.717) is 10.0 Å². The number of aryl methyl sites for hydroxylation is 1. The van der Waals surface area contributed by atoms with Gasteiger partial charge in [0.1, 0.15) is 5.82 Å². The van der Waals surface area contributed by atoms with Gasteiger partial charge < -0.3 is 5.32 Å². The highest BCUT2D eigenvalue weighted by Crippen LogP contribution is 2.35. The second-order valence-corrected chi connectivity index (χ2v) is 5.52. The minimum absolute atomic E-state index is 0.172. The van der Waals surface area contributed by atoms with Crippen LogP contribution in [-0.4, -0.2) is 0 Å². The normalized spacial score (nSPS) is 17.3. The van der Waals surface area contributed by atoms with E-state index in [1.165, 1.54) is 6.07 Å². The summed E-state index contributed by atoms with van der Waals surface area (Å²) >= 11 is 11.9. The molecule has 1 atom stereocenters. The summed E-state index contributed by atoms with van der Waals surface area (Å²) in [4.78, 5) is 0. The lowest BCUT2D eigenvalue weighted by atomic mass is 10.1. The molecular formula is C15H12Cl2FN. The van der Waals surface area contributed by atoms with Gasteiger partial charge in [-0.2, -0.15) is 0 Å². The fourth-order valence-corrected chi connectivity index (χ4v) is 2.82. The van der Waals surface area contributed by atoms with Gasteiger partial charge in [0.25, 0.3) is 0 Å². The highest BCUT2D eigenvalue weighted by Gasteiger charge is 2.22. The van der Waals surface area contributed by atoms with Crippen molar-refractivity contribution < 1.29 is 4.39 Å². The molecular weight excluding hydrogens is 284 g/mol. The number of halogens is 3. The summed E-state index contributed by atoms with van der Waals surface area (Å²) in [6, 6.07) is 10.7. The summed E-state index contributed by atoms with van der Waals surface area (Å²) in [7, 11) is 0. The lowest BCUT2D eigenvalue weighted by Gasteiger charge is -2.16. The van der Waals surface area contributed by atoms with Crippen molar-refractivity contribution in [3.63, 3.8) is 0 Å². The predicted octanol–water partition coefficient (Wildman–Crippen LogP) is 5.23. The summed E-state index contributed by atoms with van der Waals surface area (Å²) in [5.41, 5.74) is 3.17. The van der Waals surface area contributed by atoms with Crippen LogP contribution >= 0.6 is 23.2 Å². The van der Waals surface area contributed by atoms with Gasteiger partial charge in [-0.1, -0.05) is 29.3 Å². The Morgan fingerprint density at radius 3 is 2.68 bits per heavy atom.